The Hall–Kier alpha value is -1.83. The lowest BCUT2D eigenvalue weighted by atomic mass is 10.0. The lowest BCUT2D eigenvalue weighted by Crippen LogP contribution is -2.28. The van der Waals surface area contributed by atoms with Crippen molar-refractivity contribution in [3.05, 3.63) is 34.9 Å². The van der Waals surface area contributed by atoms with Crippen LogP contribution >= 0.6 is 0 Å². The first-order valence-corrected chi connectivity index (χ1v) is 6.26. The number of rotatable bonds is 5. The first-order chi connectivity index (χ1) is 9.20. The lowest BCUT2D eigenvalue weighted by molar-refractivity contribution is 0.0922. The molecule has 0 saturated carbocycles. The molecular formula is C15H19NO3. The molecule has 0 aliphatic rings. The zero-order valence-electron chi connectivity index (χ0n) is 11.3. The molecule has 1 aromatic carbocycles. The molecule has 0 fully saturated rings. The van der Waals surface area contributed by atoms with Gasteiger partial charge >= 0.3 is 0 Å². The third-order valence-electron chi connectivity index (χ3n) is 2.62. The van der Waals surface area contributed by atoms with Crippen LogP contribution in [0.5, 0.6) is 0 Å². The summed E-state index contributed by atoms with van der Waals surface area (Å²) in [5.74, 6) is 5.28. The highest BCUT2D eigenvalue weighted by atomic mass is 16.5. The second kappa shape index (κ2) is 8.30. The van der Waals surface area contributed by atoms with Crippen LogP contribution in [0.25, 0.3) is 0 Å². The third-order valence-corrected chi connectivity index (χ3v) is 2.62. The summed E-state index contributed by atoms with van der Waals surface area (Å²) in [5, 5.41) is 11.5. The van der Waals surface area contributed by atoms with Gasteiger partial charge in [0.15, 0.2) is 0 Å². The molecule has 4 nitrogen and oxygen atoms in total. The quantitative estimate of drug-likeness (QED) is 0.616. The van der Waals surface area contributed by atoms with Gasteiger partial charge in [-0.2, -0.15) is 0 Å². The molecule has 0 aliphatic heterocycles. The summed E-state index contributed by atoms with van der Waals surface area (Å²) < 4.78 is 5.16. The van der Waals surface area contributed by atoms with Gasteiger partial charge in [0.05, 0.1) is 6.61 Å². The van der Waals surface area contributed by atoms with Gasteiger partial charge < -0.3 is 15.2 Å². The summed E-state index contributed by atoms with van der Waals surface area (Å²) in [7, 11) is 0. The molecule has 0 radical (unpaired) electrons. The van der Waals surface area contributed by atoms with E-state index >= 15 is 0 Å². The number of ether oxygens (including phenoxy) is 1. The fraction of sp³-hybridized carbons (Fsp3) is 0.400. The fourth-order valence-corrected chi connectivity index (χ4v) is 1.63. The van der Waals surface area contributed by atoms with E-state index < -0.39 is 0 Å². The van der Waals surface area contributed by atoms with Crippen molar-refractivity contribution in [2.45, 2.75) is 13.8 Å². The number of aliphatic hydroxyl groups is 1. The Labute approximate surface area is 113 Å². The second-order valence-corrected chi connectivity index (χ2v) is 3.89. The SMILES string of the molecule is CCOCCNC(=O)c1cccc(C#CCO)c1C. The van der Waals surface area contributed by atoms with E-state index in [9.17, 15) is 4.79 Å². The molecule has 4 heteroatoms. The van der Waals surface area contributed by atoms with Crippen LogP contribution in [-0.4, -0.2) is 37.4 Å². The number of hydrogen-bond donors (Lipinski definition) is 2. The number of hydrogen-bond acceptors (Lipinski definition) is 3. The van der Waals surface area contributed by atoms with Gasteiger partial charge in [-0.1, -0.05) is 17.9 Å². The Morgan fingerprint density at radius 3 is 2.95 bits per heavy atom. The highest BCUT2D eigenvalue weighted by Crippen LogP contribution is 2.12. The Kier molecular flexibility index (Phi) is 6.65. The highest BCUT2D eigenvalue weighted by molar-refractivity contribution is 5.96. The number of amides is 1. The third kappa shape index (κ3) is 4.74. The minimum absolute atomic E-state index is 0.134. The van der Waals surface area contributed by atoms with Crippen LogP contribution in [0.2, 0.25) is 0 Å². The number of aliphatic hydroxyl groups excluding tert-OH is 1. The van der Waals surface area contributed by atoms with Crippen molar-refractivity contribution in [1.29, 1.82) is 0 Å². The van der Waals surface area contributed by atoms with Crippen LogP contribution in [0.3, 0.4) is 0 Å². The summed E-state index contributed by atoms with van der Waals surface area (Å²) in [6, 6.07) is 5.37. The van der Waals surface area contributed by atoms with Crippen molar-refractivity contribution in [3.63, 3.8) is 0 Å². The van der Waals surface area contributed by atoms with E-state index in [0.717, 1.165) is 11.1 Å². The average molecular weight is 261 g/mol. The van der Waals surface area contributed by atoms with E-state index in [0.29, 0.717) is 25.3 Å². The van der Waals surface area contributed by atoms with Crippen molar-refractivity contribution < 1.29 is 14.6 Å². The minimum atomic E-state index is -0.190. The van der Waals surface area contributed by atoms with E-state index in [1.54, 1.807) is 12.1 Å². The molecule has 1 rings (SSSR count). The molecule has 0 spiro atoms. The van der Waals surface area contributed by atoms with Crippen molar-refractivity contribution >= 4 is 5.91 Å². The number of carbonyl (C=O) groups excluding carboxylic acids is 1. The molecule has 0 aliphatic carbocycles. The molecule has 0 saturated heterocycles. The monoisotopic (exact) mass is 261 g/mol. The maximum atomic E-state index is 12.0. The van der Waals surface area contributed by atoms with Gasteiger partial charge in [-0.25, -0.2) is 0 Å². The van der Waals surface area contributed by atoms with Gasteiger partial charge in [0, 0.05) is 24.3 Å². The topological polar surface area (TPSA) is 58.6 Å². The summed E-state index contributed by atoms with van der Waals surface area (Å²) in [6.45, 7) is 5.20. The first-order valence-electron chi connectivity index (χ1n) is 6.26. The van der Waals surface area contributed by atoms with Crippen molar-refractivity contribution in [2.24, 2.45) is 0 Å². The van der Waals surface area contributed by atoms with Crippen LogP contribution in [-0.2, 0) is 4.74 Å². The molecule has 1 aromatic rings. The van der Waals surface area contributed by atoms with Gasteiger partial charge in [0.1, 0.15) is 6.61 Å². The van der Waals surface area contributed by atoms with Crippen LogP contribution in [0.4, 0.5) is 0 Å². The van der Waals surface area contributed by atoms with Gasteiger partial charge in [0.25, 0.3) is 5.91 Å². The number of nitrogens with one attached hydrogen (secondary N) is 1. The maximum absolute atomic E-state index is 12.0. The molecular weight excluding hydrogens is 242 g/mol. The summed E-state index contributed by atoms with van der Waals surface area (Å²) in [5.41, 5.74) is 2.17. The highest BCUT2D eigenvalue weighted by Gasteiger charge is 2.10. The second-order valence-electron chi connectivity index (χ2n) is 3.89. The number of carbonyl (C=O) groups is 1. The molecule has 0 bridgehead atoms. The van der Waals surface area contributed by atoms with Crippen molar-refractivity contribution in [2.75, 3.05) is 26.4 Å². The van der Waals surface area contributed by atoms with E-state index in [-0.39, 0.29) is 12.5 Å². The normalized spacial score (nSPS) is 9.63. The summed E-state index contributed by atoms with van der Waals surface area (Å²) in [6.07, 6.45) is 0. The van der Waals surface area contributed by atoms with E-state index in [4.69, 9.17) is 9.84 Å². The lowest BCUT2D eigenvalue weighted by Gasteiger charge is -2.09. The molecule has 0 unspecified atom stereocenters. The van der Waals surface area contributed by atoms with Crippen LogP contribution in [0.1, 0.15) is 28.4 Å². The summed E-state index contributed by atoms with van der Waals surface area (Å²) in [4.78, 5) is 12.0. The van der Waals surface area contributed by atoms with Gasteiger partial charge in [-0.3, -0.25) is 4.79 Å². The molecule has 1 amide bonds. The predicted molar refractivity (Wildman–Crippen MR) is 74.0 cm³/mol. The van der Waals surface area contributed by atoms with E-state index in [1.807, 2.05) is 19.9 Å². The largest absolute Gasteiger partial charge is 0.384 e. The smallest absolute Gasteiger partial charge is 0.251 e. The molecule has 0 heterocycles. The predicted octanol–water partition coefficient (Wildman–Crippen LogP) is 1.11. The fourth-order valence-electron chi connectivity index (χ4n) is 1.63. The van der Waals surface area contributed by atoms with Crippen molar-refractivity contribution in [3.8, 4) is 11.8 Å². The number of benzene rings is 1. The Balaban J connectivity index is 2.74. The van der Waals surface area contributed by atoms with Crippen LogP contribution in [0, 0.1) is 18.8 Å². The molecule has 102 valence electrons. The molecule has 0 aromatic heterocycles. The molecule has 19 heavy (non-hydrogen) atoms. The summed E-state index contributed by atoms with van der Waals surface area (Å²) >= 11 is 0. The van der Waals surface area contributed by atoms with Crippen molar-refractivity contribution in [1.82, 2.24) is 5.32 Å². The Morgan fingerprint density at radius 2 is 2.26 bits per heavy atom. The van der Waals surface area contributed by atoms with Crippen LogP contribution in [0.15, 0.2) is 18.2 Å². The van der Waals surface area contributed by atoms with E-state index in [1.165, 1.54) is 0 Å². The first kappa shape index (κ1) is 15.2. The molecule has 0 atom stereocenters. The average Bonchev–Trinajstić information content (AvgIpc) is 2.42. The van der Waals surface area contributed by atoms with Crippen LogP contribution < -0.4 is 5.32 Å². The Morgan fingerprint density at radius 1 is 1.47 bits per heavy atom. The maximum Gasteiger partial charge on any atom is 0.251 e. The van der Waals surface area contributed by atoms with Gasteiger partial charge in [0.2, 0.25) is 0 Å². The minimum Gasteiger partial charge on any atom is -0.384 e. The Bertz CT molecular complexity index is 486. The van der Waals surface area contributed by atoms with Gasteiger partial charge in [-0.15, -0.1) is 0 Å². The zero-order chi connectivity index (χ0) is 14.1. The van der Waals surface area contributed by atoms with Gasteiger partial charge in [-0.05, 0) is 31.5 Å². The zero-order valence-corrected chi connectivity index (χ0v) is 11.3. The molecule has 2 N–H and O–H groups in total. The standard InChI is InChI=1S/C15H19NO3/c1-3-19-11-9-16-15(18)14-8-4-6-13(12(14)2)7-5-10-17/h4,6,8,17H,3,9-11H2,1-2H3,(H,16,18). The van der Waals surface area contributed by atoms with E-state index in [2.05, 4.69) is 17.2 Å².